The van der Waals surface area contributed by atoms with E-state index in [0.29, 0.717) is 26.0 Å². The summed E-state index contributed by atoms with van der Waals surface area (Å²) in [5.41, 5.74) is 1.46. The Morgan fingerprint density at radius 1 is 1.10 bits per heavy atom. The van der Waals surface area contributed by atoms with Crippen LogP contribution in [0.5, 0.6) is 0 Å². The maximum atomic E-state index is 12.9. The van der Waals surface area contributed by atoms with Crippen LogP contribution in [0.1, 0.15) is 10.6 Å². The summed E-state index contributed by atoms with van der Waals surface area (Å²) in [7, 11) is 1.57. The highest BCUT2D eigenvalue weighted by Gasteiger charge is 2.19. The Kier molecular flexibility index (Phi) is 6.15. The Bertz CT molecular complexity index is 1320. The Morgan fingerprint density at radius 2 is 1.84 bits per heavy atom. The number of nitrogens with one attached hydrogen (secondary N) is 2. The van der Waals surface area contributed by atoms with Crippen molar-refractivity contribution in [3.63, 3.8) is 0 Å². The van der Waals surface area contributed by atoms with Crippen LogP contribution in [0.3, 0.4) is 0 Å². The molecule has 0 bridgehead atoms. The van der Waals surface area contributed by atoms with Crippen molar-refractivity contribution in [2.75, 3.05) is 18.1 Å². The molecule has 156 valence electrons. The SMILES string of the molecule is CNC(=O)CSc1nc(-c2ccccc2)c(NC(=O)c2cc(=O)c3ccccc3o2)s1. The molecule has 4 aromatic rings. The third kappa shape index (κ3) is 4.68. The van der Waals surface area contributed by atoms with Crippen LogP contribution in [-0.2, 0) is 4.79 Å². The summed E-state index contributed by atoms with van der Waals surface area (Å²) < 4.78 is 6.27. The van der Waals surface area contributed by atoms with E-state index in [1.54, 1.807) is 31.3 Å². The number of thioether (sulfide) groups is 1. The van der Waals surface area contributed by atoms with Gasteiger partial charge in [0.15, 0.2) is 15.5 Å². The minimum Gasteiger partial charge on any atom is -0.451 e. The summed E-state index contributed by atoms with van der Waals surface area (Å²) in [6.07, 6.45) is 0. The highest BCUT2D eigenvalue weighted by Crippen LogP contribution is 2.37. The maximum absolute atomic E-state index is 12.9. The molecule has 9 heteroatoms. The van der Waals surface area contributed by atoms with Gasteiger partial charge >= 0.3 is 0 Å². The molecule has 2 aromatic heterocycles. The number of carbonyl (C=O) groups is 2. The van der Waals surface area contributed by atoms with Crippen molar-refractivity contribution < 1.29 is 14.0 Å². The maximum Gasteiger partial charge on any atom is 0.292 e. The average molecular weight is 452 g/mol. The van der Waals surface area contributed by atoms with Gasteiger partial charge in [0.25, 0.3) is 5.91 Å². The second-order valence-corrected chi connectivity index (χ2v) is 8.63. The summed E-state index contributed by atoms with van der Waals surface area (Å²) in [5, 5.41) is 6.29. The van der Waals surface area contributed by atoms with E-state index in [1.165, 1.54) is 29.2 Å². The molecular weight excluding hydrogens is 434 g/mol. The number of hydrogen-bond acceptors (Lipinski definition) is 7. The topological polar surface area (TPSA) is 101 Å². The molecule has 0 saturated heterocycles. The molecule has 2 amide bonds. The zero-order valence-electron chi connectivity index (χ0n) is 16.4. The number of amides is 2. The molecule has 2 heterocycles. The summed E-state index contributed by atoms with van der Waals surface area (Å²) in [4.78, 5) is 41.4. The standard InChI is InChI=1S/C22H17N3O4S2/c1-23-18(27)12-30-22-24-19(13-7-3-2-4-8-13)21(31-22)25-20(28)17-11-15(26)14-9-5-6-10-16(14)29-17/h2-11H,12H2,1H3,(H,23,27)(H,25,28). The van der Waals surface area contributed by atoms with Crippen molar-refractivity contribution in [3.8, 4) is 11.3 Å². The minimum absolute atomic E-state index is 0.0873. The molecular formula is C22H17N3O4S2. The van der Waals surface area contributed by atoms with Crippen LogP contribution in [0.15, 0.2) is 74.2 Å². The lowest BCUT2D eigenvalue weighted by Crippen LogP contribution is -2.19. The highest BCUT2D eigenvalue weighted by molar-refractivity contribution is 8.01. The molecule has 2 aromatic carbocycles. The first kappa shape index (κ1) is 20.8. The first-order valence-corrected chi connectivity index (χ1v) is 11.1. The number of benzene rings is 2. The zero-order valence-corrected chi connectivity index (χ0v) is 18.0. The third-order valence-corrected chi connectivity index (χ3v) is 6.46. The Morgan fingerprint density at radius 3 is 2.61 bits per heavy atom. The van der Waals surface area contributed by atoms with E-state index in [9.17, 15) is 14.4 Å². The lowest BCUT2D eigenvalue weighted by Gasteiger charge is -2.05. The van der Waals surface area contributed by atoms with Gasteiger partial charge < -0.3 is 15.1 Å². The summed E-state index contributed by atoms with van der Waals surface area (Å²) >= 11 is 2.54. The molecule has 0 aliphatic rings. The van der Waals surface area contributed by atoms with Crippen LogP contribution in [0.25, 0.3) is 22.2 Å². The van der Waals surface area contributed by atoms with Gasteiger partial charge in [-0.05, 0) is 12.1 Å². The second kappa shape index (κ2) is 9.15. The molecule has 0 atom stereocenters. The predicted octanol–water partition coefficient (Wildman–Crippen LogP) is 4.01. The number of fused-ring (bicyclic) bond motifs is 1. The highest BCUT2D eigenvalue weighted by atomic mass is 32.2. The van der Waals surface area contributed by atoms with Gasteiger partial charge in [-0.3, -0.25) is 14.4 Å². The van der Waals surface area contributed by atoms with Crippen molar-refractivity contribution in [1.82, 2.24) is 10.3 Å². The van der Waals surface area contributed by atoms with Crippen molar-refractivity contribution in [3.05, 3.63) is 76.6 Å². The first-order valence-electron chi connectivity index (χ1n) is 9.29. The largest absolute Gasteiger partial charge is 0.451 e. The number of nitrogens with zero attached hydrogens (tertiary/aromatic N) is 1. The fraction of sp³-hybridized carbons (Fsp3) is 0.0909. The van der Waals surface area contributed by atoms with Gasteiger partial charge in [0.2, 0.25) is 5.91 Å². The number of hydrogen-bond donors (Lipinski definition) is 2. The molecule has 0 radical (unpaired) electrons. The molecule has 0 fully saturated rings. The fourth-order valence-electron chi connectivity index (χ4n) is 2.82. The summed E-state index contributed by atoms with van der Waals surface area (Å²) in [5.74, 6) is -0.544. The van der Waals surface area contributed by atoms with E-state index in [4.69, 9.17) is 4.42 Å². The van der Waals surface area contributed by atoms with Crippen molar-refractivity contribution >= 4 is 50.9 Å². The van der Waals surface area contributed by atoms with Crippen LogP contribution < -0.4 is 16.1 Å². The van der Waals surface area contributed by atoms with Crippen molar-refractivity contribution in [1.29, 1.82) is 0 Å². The molecule has 31 heavy (non-hydrogen) atoms. The predicted molar refractivity (Wildman–Crippen MR) is 123 cm³/mol. The van der Waals surface area contributed by atoms with Crippen molar-refractivity contribution in [2.45, 2.75) is 4.34 Å². The lowest BCUT2D eigenvalue weighted by molar-refractivity contribution is -0.118. The van der Waals surface area contributed by atoms with Crippen LogP contribution in [0.2, 0.25) is 0 Å². The quantitative estimate of drug-likeness (QED) is 0.430. The van der Waals surface area contributed by atoms with E-state index >= 15 is 0 Å². The molecule has 0 spiro atoms. The number of aromatic nitrogens is 1. The van der Waals surface area contributed by atoms with Crippen LogP contribution in [0.4, 0.5) is 5.00 Å². The molecule has 0 aliphatic heterocycles. The van der Waals surface area contributed by atoms with Gasteiger partial charge in [-0.1, -0.05) is 65.6 Å². The first-order chi connectivity index (χ1) is 15.0. The van der Waals surface area contributed by atoms with Crippen LogP contribution in [0, 0.1) is 0 Å². The van der Waals surface area contributed by atoms with Gasteiger partial charge in [-0.2, -0.15) is 0 Å². The number of rotatable bonds is 6. The fourth-order valence-corrected chi connectivity index (χ4v) is 4.75. The van der Waals surface area contributed by atoms with Gasteiger partial charge in [0.1, 0.15) is 16.3 Å². The lowest BCUT2D eigenvalue weighted by atomic mass is 10.1. The molecule has 2 N–H and O–H groups in total. The number of para-hydroxylation sites is 1. The molecule has 4 rings (SSSR count). The molecule has 0 saturated carbocycles. The van der Waals surface area contributed by atoms with E-state index < -0.39 is 5.91 Å². The van der Waals surface area contributed by atoms with E-state index in [2.05, 4.69) is 15.6 Å². The van der Waals surface area contributed by atoms with Gasteiger partial charge in [0.05, 0.1) is 11.1 Å². The average Bonchev–Trinajstić information content (AvgIpc) is 3.20. The summed E-state index contributed by atoms with van der Waals surface area (Å²) in [6, 6.07) is 17.3. The van der Waals surface area contributed by atoms with Gasteiger partial charge in [0, 0.05) is 18.7 Å². The Balaban J connectivity index is 1.66. The van der Waals surface area contributed by atoms with Gasteiger partial charge in [-0.15, -0.1) is 0 Å². The zero-order chi connectivity index (χ0) is 21.8. The molecule has 0 unspecified atom stereocenters. The van der Waals surface area contributed by atoms with E-state index in [0.717, 1.165) is 5.56 Å². The second-order valence-electron chi connectivity index (χ2n) is 6.41. The number of thiazole rings is 1. The Hall–Kier alpha value is -3.43. The van der Waals surface area contributed by atoms with E-state index in [1.807, 2.05) is 30.3 Å². The molecule has 7 nitrogen and oxygen atoms in total. The number of anilines is 1. The third-order valence-electron chi connectivity index (χ3n) is 4.35. The van der Waals surface area contributed by atoms with E-state index in [-0.39, 0.29) is 22.8 Å². The van der Waals surface area contributed by atoms with Gasteiger partial charge in [-0.25, -0.2) is 4.98 Å². The molecule has 0 aliphatic carbocycles. The minimum atomic E-state index is -0.550. The monoisotopic (exact) mass is 451 g/mol. The normalized spacial score (nSPS) is 10.7. The summed E-state index contributed by atoms with van der Waals surface area (Å²) in [6.45, 7) is 0. The smallest absolute Gasteiger partial charge is 0.292 e. The Labute approximate surface area is 185 Å². The van der Waals surface area contributed by atoms with Crippen LogP contribution in [-0.4, -0.2) is 29.6 Å². The number of carbonyl (C=O) groups excluding carboxylic acids is 2. The van der Waals surface area contributed by atoms with Crippen molar-refractivity contribution in [2.24, 2.45) is 0 Å². The van der Waals surface area contributed by atoms with Crippen LogP contribution >= 0.6 is 23.1 Å².